The Kier molecular flexibility index (Phi) is 2.83. The van der Waals surface area contributed by atoms with Crippen LogP contribution in [0.3, 0.4) is 0 Å². The average molecular weight is 273 g/mol. The van der Waals surface area contributed by atoms with Gasteiger partial charge in [0.1, 0.15) is 5.82 Å². The van der Waals surface area contributed by atoms with E-state index in [4.69, 9.17) is 5.73 Å². The summed E-state index contributed by atoms with van der Waals surface area (Å²) in [6.45, 7) is 1.74. The number of nitrogens with two attached hydrogens (primary N) is 1. The zero-order chi connectivity index (χ0) is 13.4. The van der Waals surface area contributed by atoms with Crippen molar-refractivity contribution in [2.45, 2.75) is 6.92 Å². The van der Waals surface area contributed by atoms with E-state index in [1.54, 1.807) is 30.4 Å². The molecule has 0 aliphatic rings. The molecule has 96 valence electrons. The molecule has 0 radical (unpaired) electrons. The molecule has 0 aliphatic heterocycles. The SMILES string of the molecule is Cc1cc(-c2[nH]nc(N)c2-c2cccs2)ccc1F. The van der Waals surface area contributed by atoms with Crippen molar-refractivity contribution >= 4 is 17.2 Å². The summed E-state index contributed by atoms with van der Waals surface area (Å²) in [5, 5.41) is 8.99. The van der Waals surface area contributed by atoms with Gasteiger partial charge in [-0.25, -0.2) is 4.39 Å². The molecule has 19 heavy (non-hydrogen) atoms. The molecule has 0 saturated carbocycles. The number of thiophene rings is 1. The molecule has 3 rings (SSSR count). The van der Waals surface area contributed by atoms with Gasteiger partial charge in [-0.2, -0.15) is 5.10 Å². The number of hydrogen-bond acceptors (Lipinski definition) is 3. The standard InChI is InChI=1S/C14H12FN3S/c1-8-7-9(4-5-10(8)15)13-12(14(16)18-17-13)11-3-2-6-19-11/h2-7H,1H3,(H3,16,17,18). The summed E-state index contributed by atoms with van der Waals surface area (Å²) in [6.07, 6.45) is 0. The predicted octanol–water partition coefficient (Wildman–Crippen LogP) is 3.83. The fourth-order valence-electron chi connectivity index (χ4n) is 2.04. The Morgan fingerprint density at radius 2 is 2.16 bits per heavy atom. The molecule has 1 aromatic carbocycles. The molecule has 0 bridgehead atoms. The van der Waals surface area contributed by atoms with E-state index in [-0.39, 0.29) is 5.82 Å². The van der Waals surface area contributed by atoms with Crippen molar-refractivity contribution in [3.63, 3.8) is 0 Å². The zero-order valence-electron chi connectivity index (χ0n) is 10.3. The molecule has 2 heterocycles. The smallest absolute Gasteiger partial charge is 0.154 e. The first kappa shape index (κ1) is 11.9. The van der Waals surface area contributed by atoms with Crippen LogP contribution in [0.4, 0.5) is 10.2 Å². The van der Waals surface area contributed by atoms with E-state index in [1.165, 1.54) is 6.07 Å². The first-order valence-electron chi connectivity index (χ1n) is 5.81. The van der Waals surface area contributed by atoms with Gasteiger partial charge in [0.15, 0.2) is 5.82 Å². The van der Waals surface area contributed by atoms with E-state index in [1.807, 2.05) is 17.5 Å². The van der Waals surface area contributed by atoms with Crippen molar-refractivity contribution in [2.75, 3.05) is 5.73 Å². The fourth-order valence-corrected chi connectivity index (χ4v) is 2.82. The van der Waals surface area contributed by atoms with Crippen LogP contribution >= 0.6 is 11.3 Å². The van der Waals surface area contributed by atoms with Gasteiger partial charge in [-0.15, -0.1) is 11.3 Å². The van der Waals surface area contributed by atoms with Gasteiger partial charge < -0.3 is 5.73 Å². The minimum atomic E-state index is -0.214. The summed E-state index contributed by atoms with van der Waals surface area (Å²) >= 11 is 1.60. The predicted molar refractivity (Wildman–Crippen MR) is 76.4 cm³/mol. The van der Waals surface area contributed by atoms with Gasteiger partial charge in [0.2, 0.25) is 0 Å². The van der Waals surface area contributed by atoms with Crippen molar-refractivity contribution in [2.24, 2.45) is 0 Å². The van der Waals surface area contributed by atoms with Crippen molar-refractivity contribution < 1.29 is 4.39 Å². The van der Waals surface area contributed by atoms with Gasteiger partial charge in [-0.1, -0.05) is 6.07 Å². The van der Waals surface area contributed by atoms with Crippen LogP contribution in [-0.4, -0.2) is 10.2 Å². The van der Waals surface area contributed by atoms with Crippen LogP contribution in [0.1, 0.15) is 5.56 Å². The lowest BCUT2D eigenvalue weighted by Gasteiger charge is -2.04. The van der Waals surface area contributed by atoms with Crippen molar-refractivity contribution in [1.29, 1.82) is 0 Å². The number of nitrogen functional groups attached to an aromatic ring is 1. The summed E-state index contributed by atoms with van der Waals surface area (Å²) in [7, 11) is 0. The van der Waals surface area contributed by atoms with E-state index < -0.39 is 0 Å². The molecule has 0 spiro atoms. The number of halogens is 1. The minimum absolute atomic E-state index is 0.214. The van der Waals surface area contributed by atoms with Crippen LogP contribution in [0.2, 0.25) is 0 Å². The van der Waals surface area contributed by atoms with Gasteiger partial charge in [0.25, 0.3) is 0 Å². The third kappa shape index (κ3) is 2.02. The number of anilines is 1. The molecule has 0 aliphatic carbocycles. The number of aromatic nitrogens is 2. The van der Waals surface area contributed by atoms with Crippen LogP contribution in [0.5, 0.6) is 0 Å². The first-order valence-corrected chi connectivity index (χ1v) is 6.69. The Balaban J connectivity index is 2.18. The molecule has 3 N–H and O–H groups in total. The molecule has 2 aromatic heterocycles. The van der Waals surface area contributed by atoms with Crippen molar-refractivity contribution in [3.8, 4) is 21.7 Å². The highest BCUT2D eigenvalue weighted by molar-refractivity contribution is 7.13. The number of rotatable bonds is 2. The molecule has 0 amide bonds. The third-order valence-electron chi connectivity index (χ3n) is 3.01. The lowest BCUT2D eigenvalue weighted by molar-refractivity contribution is 0.619. The van der Waals surface area contributed by atoms with Crippen LogP contribution in [0.25, 0.3) is 21.7 Å². The Bertz CT molecular complexity index is 716. The lowest BCUT2D eigenvalue weighted by atomic mass is 10.0. The van der Waals surface area contributed by atoms with E-state index in [9.17, 15) is 4.39 Å². The second-order valence-electron chi connectivity index (χ2n) is 4.30. The highest BCUT2D eigenvalue weighted by atomic mass is 32.1. The summed E-state index contributed by atoms with van der Waals surface area (Å²) in [5.41, 5.74) is 9.11. The second kappa shape index (κ2) is 4.51. The number of benzene rings is 1. The number of aryl methyl sites for hydroxylation is 1. The monoisotopic (exact) mass is 273 g/mol. The van der Waals surface area contributed by atoms with Gasteiger partial charge in [-0.3, -0.25) is 5.10 Å². The highest BCUT2D eigenvalue weighted by Crippen LogP contribution is 2.37. The fraction of sp³-hybridized carbons (Fsp3) is 0.0714. The van der Waals surface area contributed by atoms with Crippen LogP contribution in [-0.2, 0) is 0 Å². The van der Waals surface area contributed by atoms with E-state index >= 15 is 0 Å². The molecule has 0 saturated heterocycles. The Morgan fingerprint density at radius 3 is 2.84 bits per heavy atom. The maximum atomic E-state index is 13.3. The lowest BCUT2D eigenvalue weighted by Crippen LogP contribution is -1.88. The van der Waals surface area contributed by atoms with Gasteiger partial charge >= 0.3 is 0 Å². The Labute approximate surface area is 113 Å². The number of hydrogen-bond donors (Lipinski definition) is 2. The Hall–Kier alpha value is -2.14. The molecule has 0 fully saturated rings. The molecule has 3 nitrogen and oxygen atoms in total. The summed E-state index contributed by atoms with van der Waals surface area (Å²) in [5.74, 6) is 0.244. The van der Waals surface area contributed by atoms with E-state index in [2.05, 4.69) is 10.2 Å². The first-order chi connectivity index (χ1) is 9.16. The molecule has 0 unspecified atom stereocenters. The van der Waals surface area contributed by atoms with Gasteiger partial charge in [0.05, 0.1) is 11.3 Å². The Morgan fingerprint density at radius 1 is 1.32 bits per heavy atom. The van der Waals surface area contributed by atoms with E-state index in [0.717, 1.165) is 21.7 Å². The third-order valence-corrected chi connectivity index (χ3v) is 3.90. The zero-order valence-corrected chi connectivity index (χ0v) is 11.1. The molecular formula is C14H12FN3S. The van der Waals surface area contributed by atoms with Crippen LogP contribution in [0.15, 0.2) is 35.7 Å². The summed E-state index contributed by atoms with van der Waals surface area (Å²) in [6, 6.07) is 8.93. The minimum Gasteiger partial charge on any atom is -0.382 e. The largest absolute Gasteiger partial charge is 0.382 e. The van der Waals surface area contributed by atoms with Crippen molar-refractivity contribution in [1.82, 2.24) is 10.2 Å². The molecule has 5 heteroatoms. The number of H-pyrrole nitrogens is 1. The number of aromatic amines is 1. The number of nitrogens with one attached hydrogen (secondary N) is 1. The normalized spacial score (nSPS) is 10.8. The topological polar surface area (TPSA) is 54.7 Å². The number of nitrogens with zero attached hydrogens (tertiary/aromatic N) is 1. The maximum Gasteiger partial charge on any atom is 0.154 e. The van der Waals surface area contributed by atoms with E-state index in [0.29, 0.717) is 11.4 Å². The van der Waals surface area contributed by atoms with Crippen LogP contribution in [0, 0.1) is 12.7 Å². The second-order valence-corrected chi connectivity index (χ2v) is 5.25. The summed E-state index contributed by atoms with van der Waals surface area (Å²) in [4.78, 5) is 1.04. The van der Waals surface area contributed by atoms with Crippen molar-refractivity contribution in [3.05, 3.63) is 47.1 Å². The summed E-state index contributed by atoms with van der Waals surface area (Å²) < 4.78 is 13.3. The maximum absolute atomic E-state index is 13.3. The average Bonchev–Trinajstić information content (AvgIpc) is 3.01. The quantitative estimate of drug-likeness (QED) is 0.745. The molecular weight excluding hydrogens is 261 g/mol. The van der Waals surface area contributed by atoms with Gasteiger partial charge in [-0.05, 0) is 42.1 Å². The van der Waals surface area contributed by atoms with Gasteiger partial charge in [0, 0.05) is 10.4 Å². The molecule has 3 aromatic rings. The molecule has 0 atom stereocenters. The van der Waals surface area contributed by atoms with Crippen LogP contribution < -0.4 is 5.73 Å². The highest BCUT2D eigenvalue weighted by Gasteiger charge is 2.16.